The summed E-state index contributed by atoms with van der Waals surface area (Å²) in [6.45, 7) is 5.04. The molecule has 2 amide bonds. The molecule has 130 valence electrons. The van der Waals surface area contributed by atoms with Gasteiger partial charge in [-0.15, -0.1) is 0 Å². The van der Waals surface area contributed by atoms with E-state index in [0.29, 0.717) is 6.61 Å². The van der Waals surface area contributed by atoms with Crippen LogP contribution in [0.3, 0.4) is 0 Å². The summed E-state index contributed by atoms with van der Waals surface area (Å²) in [5.41, 5.74) is 0.120. The van der Waals surface area contributed by atoms with Crippen molar-refractivity contribution in [3.63, 3.8) is 0 Å². The van der Waals surface area contributed by atoms with Gasteiger partial charge in [-0.1, -0.05) is 6.58 Å². The van der Waals surface area contributed by atoms with Crippen molar-refractivity contribution in [1.29, 1.82) is 0 Å². The summed E-state index contributed by atoms with van der Waals surface area (Å²) in [5, 5.41) is 2.31. The number of ether oxygens (including phenoxy) is 1. The number of halogens is 2. The highest BCUT2D eigenvalue weighted by Crippen LogP contribution is 2.29. The van der Waals surface area contributed by atoms with Gasteiger partial charge in [0.1, 0.15) is 11.8 Å². The third kappa shape index (κ3) is 3.87. The van der Waals surface area contributed by atoms with Crippen molar-refractivity contribution in [2.45, 2.75) is 25.3 Å². The Bertz CT molecular complexity index is 637. The van der Waals surface area contributed by atoms with E-state index in [1.165, 1.54) is 23.4 Å². The fraction of sp³-hybridized carbons (Fsp3) is 0.438. The molecule has 1 fully saturated rings. The highest BCUT2D eigenvalue weighted by molar-refractivity contribution is 5.97. The second kappa shape index (κ2) is 7.37. The fourth-order valence-corrected chi connectivity index (χ4v) is 2.46. The Hall–Kier alpha value is -2.51. The van der Waals surface area contributed by atoms with Crippen LogP contribution in [0, 0.1) is 0 Å². The van der Waals surface area contributed by atoms with Gasteiger partial charge >= 0.3 is 0 Å². The Labute approximate surface area is 138 Å². The minimum absolute atomic E-state index is 0.0797. The Balaban J connectivity index is 2.16. The number of carbonyl (C=O) groups is 2. The van der Waals surface area contributed by atoms with Gasteiger partial charge < -0.3 is 15.0 Å². The van der Waals surface area contributed by atoms with Gasteiger partial charge in [0.15, 0.2) is 0 Å². The number of nitrogens with zero attached hydrogens (tertiary/aromatic N) is 2. The zero-order chi connectivity index (χ0) is 17.7. The molecule has 1 aromatic heterocycles. The Morgan fingerprint density at radius 2 is 2.33 bits per heavy atom. The molecular formula is C16H19F2N3O3. The van der Waals surface area contributed by atoms with Gasteiger partial charge in [0.25, 0.3) is 11.8 Å². The van der Waals surface area contributed by atoms with Crippen LogP contribution in [-0.2, 0) is 4.79 Å². The number of piperidine rings is 1. The van der Waals surface area contributed by atoms with E-state index in [-0.39, 0.29) is 24.4 Å². The highest BCUT2D eigenvalue weighted by Gasteiger charge is 2.45. The number of carbonyl (C=O) groups excluding carboxylic acids is 2. The topological polar surface area (TPSA) is 71.5 Å². The van der Waals surface area contributed by atoms with Gasteiger partial charge in [0.2, 0.25) is 5.91 Å². The van der Waals surface area contributed by atoms with E-state index in [0.717, 1.165) is 6.08 Å². The molecule has 8 heteroatoms. The molecule has 1 saturated heterocycles. The molecule has 1 aliphatic heterocycles. The molecule has 1 N–H and O–H groups in total. The monoisotopic (exact) mass is 339 g/mol. The number of rotatable bonds is 5. The molecule has 0 spiro atoms. The van der Waals surface area contributed by atoms with Crippen LogP contribution in [0.1, 0.15) is 23.7 Å². The molecule has 0 aliphatic carbocycles. The fourth-order valence-electron chi connectivity index (χ4n) is 2.46. The smallest absolute Gasteiger partial charge is 0.271 e. The average molecular weight is 339 g/mol. The van der Waals surface area contributed by atoms with Crippen LogP contribution in [0.25, 0.3) is 0 Å². The highest BCUT2D eigenvalue weighted by atomic mass is 19.3. The Morgan fingerprint density at radius 3 is 3.00 bits per heavy atom. The lowest BCUT2D eigenvalue weighted by atomic mass is 10.00. The summed E-state index contributed by atoms with van der Waals surface area (Å²) < 4.78 is 33.5. The molecule has 1 aliphatic rings. The number of aromatic nitrogens is 1. The molecule has 0 aromatic carbocycles. The quantitative estimate of drug-likeness (QED) is 0.828. The summed E-state index contributed by atoms with van der Waals surface area (Å²) in [7, 11) is 0. The molecule has 24 heavy (non-hydrogen) atoms. The lowest BCUT2D eigenvalue weighted by Crippen LogP contribution is -2.59. The molecule has 2 rings (SSSR count). The maximum absolute atomic E-state index is 14.1. The van der Waals surface area contributed by atoms with E-state index >= 15 is 0 Å². The predicted molar refractivity (Wildman–Crippen MR) is 83.0 cm³/mol. The van der Waals surface area contributed by atoms with E-state index in [9.17, 15) is 18.4 Å². The van der Waals surface area contributed by atoms with Crippen LogP contribution in [0.4, 0.5) is 8.78 Å². The molecule has 0 unspecified atom stereocenters. The van der Waals surface area contributed by atoms with Crippen molar-refractivity contribution in [3.8, 4) is 5.75 Å². The summed E-state index contributed by atoms with van der Waals surface area (Å²) in [6, 6.07) is -0.0844. The van der Waals surface area contributed by atoms with Crippen molar-refractivity contribution in [3.05, 3.63) is 36.7 Å². The first-order valence-electron chi connectivity index (χ1n) is 7.56. The molecule has 1 atom stereocenters. The normalized spacial score (nSPS) is 19.5. The van der Waals surface area contributed by atoms with Gasteiger partial charge in [-0.05, 0) is 19.1 Å². The zero-order valence-corrected chi connectivity index (χ0v) is 13.3. The molecule has 0 saturated carbocycles. The maximum atomic E-state index is 14.1. The van der Waals surface area contributed by atoms with Crippen molar-refractivity contribution in [2.24, 2.45) is 0 Å². The van der Waals surface area contributed by atoms with E-state index < -0.39 is 30.2 Å². The minimum atomic E-state index is -3.10. The summed E-state index contributed by atoms with van der Waals surface area (Å²) in [5.74, 6) is -4.02. The van der Waals surface area contributed by atoms with Gasteiger partial charge in [-0.3, -0.25) is 14.6 Å². The lowest BCUT2D eigenvalue weighted by molar-refractivity contribution is -0.135. The zero-order valence-electron chi connectivity index (χ0n) is 13.3. The van der Waals surface area contributed by atoms with Crippen molar-refractivity contribution in [2.75, 3.05) is 19.7 Å². The first-order valence-corrected chi connectivity index (χ1v) is 7.56. The summed E-state index contributed by atoms with van der Waals surface area (Å²) >= 11 is 0. The van der Waals surface area contributed by atoms with Crippen molar-refractivity contribution in [1.82, 2.24) is 15.2 Å². The number of nitrogens with one attached hydrogen (secondary N) is 1. The second-order valence-electron chi connectivity index (χ2n) is 5.33. The first kappa shape index (κ1) is 17.8. The Morgan fingerprint density at radius 1 is 1.58 bits per heavy atom. The maximum Gasteiger partial charge on any atom is 0.271 e. The predicted octanol–water partition coefficient (Wildman–Crippen LogP) is 1.63. The van der Waals surface area contributed by atoms with E-state index in [4.69, 9.17) is 4.74 Å². The van der Waals surface area contributed by atoms with Crippen molar-refractivity contribution >= 4 is 11.8 Å². The van der Waals surface area contributed by atoms with Crippen LogP contribution < -0.4 is 10.1 Å². The third-order valence-electron chi connectivity index (χ3n) is 3.75. The van der Waals surface area contributed by atoms with Crippen LogP contribution in [0.15, 0.2) is 31.1 Å². The summed E-state index contributed by atoms with van der Waals surface area (Å²) in [4.78, 5) is 29.1. The molecule has 6 nitrogen and oxygen atoms in total. The third-order valence-corrected chi connectivity index (χ3v) is 3.75. The van der Waals surface area contributed by atoms with Crippen LogP contribution in [0.2, 0.25) is 0 Å². The van der Waals surface area contributed by atoms with E-state index in [1.807, 2.05) is 0 Å². The number of hydrogen-bond acceptors (Lipinski definition) is 4. The lowest BCUT2D eigenvalue weighted by Gasteiger charge is -2.38. The molecular weight excluding hydrogens is 320 g/mol. The SMILES string of the molecule is C=CC(=O)N1CCC(F)(F)[C@H](NC(=O)c2ccncc2OCC)C1. The number of alkyl halides is 2. The van der Waals surface area contributed by atoms with Gasteiger partial charge in [-0.2, -0.15) is 0 Å². The van der Waals surface area contributed by atoms with Crippen molar-refractivity contribution < 1.29 is 23.1 Å². The number of amides is 2. The standard InChI is InChI=1S/C16H19F2N3O3/c1-3-14(22)21-8-6-16(17,18)13(10-21)20-15(23)11-5-7-19-9-12(11)24-4-2/h3,5,7,9,13H,1,4,6,8,10H2,2H3,(H,20,23)/t13-/m1/s1. The summed E-state index contributed by atoms with van der Waals surface area (Å²) in [6.07, 6.45) is 3.28. The number of hydrogen-bond donors (Lipinski definition) is 1. The number of likely N-dealkylation sites (tertiary alicyclic amines) is 1. The van der Waals surface area contributed by atoms with Gasteiger partial charge in [0, 0.05) is 25.7 Å². The molecule has 0 radical (unpaired) electrons. The Kier molecular flexibility index (Phi) is 5.48. The molecule has 0 bridgehead atoms. The van der Waals surface area contributed by atoms with E-state index in [1.54, 1.807) is 6.92 Å². The first-order chi connectivity index (χ1) is 11.4. The molecule has 2 heterocycles. The molecule has 1 aromatic rings. The van der Waals surface area contributed by atoms with Crippen LogP contribution >= 0.6 is 0 Å². The van der Waals surface area contributed by atoms with Crippen LogP contribution in [-0.4, -0.2) is 53.4 Å². The van der Waals surface area contributed by atoms with Gasteiger partial charge in [0.05, 0.1) is 18.4 Å². The van der Waals surface area contributed by atoms with Crippen LogP contribution in [0.5, 0.6) is 5.75 Å². The second-order valence-corrected chi connectivity index (χ2v) is 5.33. The minimum Gasteiger partial charge on any atom is -0.491 e. The van der Waals surface area contributed by atoms with Gasteiger partial charge in [-0.25, -0.2) is 8.78 Å². The largest absolute Gasteiger partial charge is 0.491 e. The number of pyridine rings is 1. The van der Waals surface area contributed by atoms with E-state index in [2.05, 4.69) is 16.9 Å². The average Bonchev–Trinajstić information content (AvgIpc) is 2.56.